The van der Waals surface area contributed by atoms with Gasteiger partial charge in [-0.2, -0.15) is 0 Å². The maximum Gasteiger partial charge on any atom is 0.226 e. The summed E-state index contributed by atoms with van der Waals surface area (Å²) in [6.45, 7) is -0.116. The van der Waals surface area contributed by atoms with Gasteiger partial charge in [-0.1, -0.05) is 30.3 Å². The van der Waals surface area contributed by atoms with Gasteiger partial charge < -0.3 is 15.0 Å². The molecule has 1 aliphatic carbocycles. The lowest BCUT2D eigenvalue weighted by Gasteiger charge is -2.35. The highest BCUT2D eigenvalue weighted by atomic mass is 32.1. The van der Waals surface area contributed by atoms with Crippen molar-refractivity contribution in [1.29, 1.82) is 0 Å². The molecule has 3 aromatic rings. The Kier molecular flexibility index (Phi) is 5.00. The maximum atomic E-state index is 12.3. The van der Waals surface area contributed by atoms with Crippen molar-refractivity contribution in [3.63, 3.8) is 0 Å². The van der Waals surface area contributed by atoms with Crippen LogP contribution in [0.4, 0.5) is 0 Å². The first-order valence-electron chi connectivity index (χ1n) is 8.92. The number of aliphatic hydroxyl groups excluding tert-OH is 1. The summed E-state index contributed by atoms with van der Waals surface area (Å²) in [5, 5.41) is 23.3. The predicted molar refractivity (Wildman–Crippen MR) is 102 cm³/mol. The van der Waals surface area contributed by atoms with E-state index in [0.717, 1.165) is 34.9 Å². The quantitative estimate of drug-likeness (QED) is 0.679. The molecule has 140 valence electrons. The van der Waals surface area contributed by atoms with Crippen molar-refractivity contribution in [3.05, 3.63) is 53.1 Å². The van der Waals surface area contributed by atoms with Gasteiger partial charge in [-0.3, -0.25) is 4.79 Å². The van der Waals surface area contributed by atoms with Gasteiger partial charge in [-0.25, -0.2) is 4.98 Å². The number of hydrogen-bond acceptors (Lipinski definition) is 6. The largest absolute Gasteiger partial charge is 0.388 e. The molecule has 2 N–H and O–H groups in total. The van der Waals surface area contributed by atoms with Crippen LogP contribution in [-0.4, -0.2) is 36.8 Å². The minimum atomic E-state index is -0.116. The number of hydrogen-bond donors (Lipinski definition) is 2. The number of amides is 1. The number of carbonyl (C=O) groups is 1. The fourth-order valence-corrected chi connectivity index (χ4v) is 4.19. The molecule has 4 rings (SSSR count). The first-order valence-corrected chi connectivity index (χ1v) is 9.80. The van der Waals surface area contributed by atoms with Gasteiger partial charge in [0, 0.05) is 30.0 Å². The molecule has 7 nitrogen and oxygen atoms in total. The van der Waals surface area contributed by atoms with Gasteiger partial charge >= 0.3 is 0 Å². The first-order chi connectivity index (χ1) is 13.1. The number of carbonyl (C=O) groups excluding carboxylic acids is 1. The number of nitrogens with one attached hydrogen (secondary N) is 1. The summed E-state index contributed by atoms with van der Waals surface area (Å²) in [6, 6.07) is 10.1. The Morgan fingerprint density at radius 3 is 2.78 bits per heavy atom. The molecule has 2 aromatic heterocycles. The van der Waals surface area contributed by atoms with Crippen LogP contribution >= 0.6 is 11.3 Å². The van der Waals surface area contributed by atoms with Gasteiger partial charge in [0.15, 0.2) is 5.82 Å². The van der Waals surface area contributed by atoms with Gasteiger partial charge in [0.2, 0.25) is 5.91 Å². The second-order valence-corrected chi connectivity index (χ2v) is 7.67. The van der Waals surface area contributed by atoms with E-state index < -0.39 is 0 Å². The third kappa shape index (κ3) is 3.77. The average Bonchev–Trinajstić information content (AvgIpc) is 3.25. The molecule has 0 spiro atoms. The van der Waals surface area contributed by atoms with E-state index in [1.807, 2.05) is 47.3 Å². The molecule has 1 saturated carbocycles. The van der Waals surface area contributed by atoms with Crippen LogP contribution in [0.1, 0.15) is 36.1 Å². The lowest BCUT2D eigenvalue weighted by Crippen LogP contribution is -2.44. The Labute approximate surface area is 161 Å². The Balaban J connectivity index is 1.28. The Morgan fingerprint density at radius 2 is 2.07 bits per heavy atom. The van der Waals surface area contributed by atoms with E-state index in [0.29, 0.717) is 12.2 Å². The zero-order valence-electron chi connectivity index (χ0n) is 15.0. The highest BCUT2D eigenvalue weighted by molar-refractivity contribution is 7.13. The van der Waals surface area contributed by atoms with Crippen molar-refractivity contribution in [2.24, 2.45) is 7.05 Å². The smallest absolute Gasteiger partial charge is 0.226 e. The van der Waals surface area contributed by atoms with Crippen LogP contribution in [0.5, 0.6) is 0 Å². The van der Waals surface area contributed by atoms with Crippen LogP contribution in [0.25, 0.3) is 10.6 Å². The molecule has 1 aromatic carbocycles. The monoisotopic (exact) mass is 383 g/mol. The Bertz CT molecular complexity index is 931. The van der Waals surface area contributed by atoms with E-state index >= 15 is 0 Å². The minimum Gasteiger partial charge on any atom is -0.388 e. The fraction of sp³-hybridized carbons (Fsp3) is 0.368. The standard InChI is InChI=1S/C19H21N5O2S/c1-24-16(10-25)22-23-18(24)13-7-14(8-13)20-17(26)9-15-11-27-19(21-15)12-5-3-2-4-6-12/h2-6,11,13-14,25H,7-10H2,1H3,(H,20,26). The predicted octanol–water partition coefficient (Wildman–Crippen LogP) is 2.04. The van der Waals surface area contributed by atoms with Crippen LogP contribution < -0.4 is 5.32 Å². The van der Waals surface area contributed by atoms with Crippen molar-refractivity contribution >= 4 is 17.2 Å². The van der Waals surface area contributed by atoms with E-state index in [1.54, 1.807) is 11.3 Å². The van der Waals surface area contributed by atoms with Gasteiger partial charge in [0.25, 0.3) is 0 Å². The third-order valence-corrected chi connectivity index (χ3v) is 5.86. The zero-order chi connectivity index (χ0) is 18.8. The van der Waals surface area contributed by atoms with Crippen molar-refractivity contribution in [2.75, 3.05) is 0 Å². The number of aliphatic hydroxyl groups is 1. The number of thiazole rings is 1. The van der Waals surface area contributed by atoms with E-state index in [2.05, 4.69) is 20.5 Å². The van der Waals surface area contributed by atoms with E-state index in [-0.39, 0.29) is 24.5 Å². The van der Waals surface area contributed by atoms with Gasteiger partial charge in [-0.05, 0) is 12.8 Å². The Morgan fingerprint density at radius 1 is 1.30 bits per heavy atom. The molecule has 0 saturated heterocycles. The molecule has 0 bridgehead atoms. The SMILES string of the molecule is Cn1c(CO)nnc1C1CC(NC(=O)Cc2csc(-c3ccccc3)n2)C1. The van der Waals surface area contributed by atoms with E-state index in [9.17, 15) is 9.90 Å². The Hall–Kier alpha value is -2.58. The molecule has 27 heavy (non-hydrogen) atoms. The summed E-state index contributed by atoms with van der Waals surface area (Å²) in [6.07, 6.45) is 1.98. The van der Waals surface area contributed by atoms with Gasteiger partial charge in [-0.15, -0.1) is 21.5 Å². The number of aromatic nitrogens is 4. The van der Waals surface area contributed by atoms with Gasteiger partial charge in [0.05, 0.1) is 12.1 Å². The van der Waals surface area contributed by atoms with Crippen LogP contribution in [0.3, 0.4) is 0 Å². The highest BCUT2D eigenvalue weighted by Crippen LogP contribution is 2.36. The summed E-state index contributed by atoms with van der Waals surface area (Å²) < 4.78 is 1.84. The van der Waals surface area contributed by atoms with Crippen LogP contribution in [0, 0.1) is 0 Å². The van der Waals surface area contributed by atoms with E-state index in [4.69, 9.17) is 0 Å². The number of rotatable bonds is 6. The topological polar surface area (TPSA) is 92.9 Å². The summed E-state index contributed by atoms with van der Waals surface area (Å²) in [4.78, 5) is 16.9. The first kappa shape index (κ1) is 17.8. The normalized spacial score (nSPS) is 18.9. The maximum absolute atomic E-state index is 12.3. The summed E-state index contributed by atoms with van der Waals surface area (Å²) >= 11 is 1.56. The lowest BCUT2D eigenvalue weighted by atomic mass is 9.79. The molecule has 1 aliphatic rings. The van der Waals surface area contributed by atoms with Crippen molar-refractivity contribution < 1.29 is 9.90 Å². The number of benzene rings is 1. The summed E-state index contributed by atoms with van der Waals surface area (Å²) in [5.74, 6) is 1.71. The molecule has 1 fully saturated rings. The van der Waals surface area contributed by atoms with Crippen LogP contribution in [-0.2, 0) is 24.9 Å². The average molecular weight is 383 g/mol. The molecular weight excluding hydrogens is 362 g/mol. The summed E-state index contributed by atoms with van der Waals surface area (Å²) in [5.41, 5.74) is 1.87. The van der Waals surface area contributed by atoms with Crippen LogP contribution in [0.15, 0.2) is 35.7 Å². The second-order valence-electron chi connectivity index (χ2n) is 6.81. The van der Waals surface area contributed by atoms with Crippen molar-refractivity contribution in [3.8, 4) is 10.6 Å². The van der Waals surface area contributed by atoms with Crippen molar-refractivity contribution in [1.82, 2.24) is 25.1 Å². The van der Waals surface area contributed by atoms with Crippen LogP contribution in [0.2, 0.25) is 0 Å². The number of nitrogens with zero attached hydrogens (tertiary/aromatic N) is 4. The van der Waals surface area contributed by atoms with Gasteiger partial charge in [0.1, 0.15) is 17.4 Å². The molecule has 2 heterocycles. The highest BCUT2D eigenvalue weighted by Gasteiger charge is 2.34. The molecule has 8 heteroatoms. The zero-order valence-corrected chi connectivity index (χ0v) is 15.8. The lowest BCUT2D eigenvalue weighted by molar-refractivity contribution is -0.121. The summed E-state index contributed by atoms with van der Waals surface area (Å²) in [7, 11) is 1.86. The fourth-order valence-electron chi connectivity index (χ4n) is 3.36. The molecule has 1 amide bonds. The molecule has 0 radical (unpaired) electrons. The molecule has 0 atom stereocenters. The molecule has 0 unspecified atom stereocenters. The van der Waals surface area contributed by atoms with Crippen molar-refractivity contribution in [2.45, 2.75) is 37.8 Å². The molecule has 0 aliphatic heterocycles. The van der Waals surface area contributed by atoms with E-state index in [1.165, 1.54) is 0 Å². The minimum absolute atomic E-state index is 0.00243. The third-order valence-electron chi connectivity index (χ3n) is 4.92. The molecular formula is C19H21N5O2S. The second kappa shape index (κ2) is 7.58.